The Morgan fingerprint density at radius 3 is 2.28 bits per heavy atom. The van der Waals surface area contributed by atoms with Crippen molar-refractivity contribution in [3.8, 4) is 6.07 Å². The van der Waals surface area contributed by atoms with E-state index in [4.69, 9.17) is 28.0 Å². The first kappa shape index (κ1) is 19.6. The van der Waals surface area contributed by atoms with Crippen LogP contribution in [-0.2, 0) is 10.4 Å². The Morgan fingerprint density at radius 2 is 1.66 bits per heavy atom. The van der Waals surface area contributed by atoms with E-state index >= 15 is 0 Å². The van der Waals surface area contributed by atoms with Crippen molar-refractivity contribution in [3.05, 3.63) is 81.3 Å². The van der Waals surface area contributed by atoms with Crippen LogP contribution < -0.4 is 0 Å². The lowest BCUT2D eigenvalue weighted by atomic mass is 9.85. The minimum absolute atomic E-state index is 0.0667. The lowest BCUT2D eigenvalue weighted by molar-refractivity contribution is -0.275. The zero-order valence-corrected chi connectivity index (χ0v) is 16.1. The summed E-state index contributed by atoms with van der Waals surface area (Å²) in [6.45, 7) is 0. The fourth-order valence-electron chi connectivity index (χ4n) is 3.48. The molecule has 0 amide bonds. The van der Waals surface area contributed by atoms with Crippen molar-refractivity contribution >= 4 is 39.7 Å². The highest BCUT2D eigenvalue weighted by Gasteiger charge is 2.62. The first-order chi connectivity index (χ1) is 13.7. The normalized spacial score (nSPS) is 19.0. The van der Waals surface area contributed by atoms with E-state index < -0.39 is 18.2 Å². The van der Waals surface area contributed by atoms with E-state index in [2.05, 4.69) is 11.2 Å². The fraction of sp³-hybridized carbons (Fsp3) is 0.143. The number of nitriles is 1. The van der Waals surface area contributed by atoms with Gasteiger partial charge in [-0.2, -0.15) is 18.4 Å². The molecule has 1 aliphatic heterocycles. The summed E-state index contributed by atoms with van der Waals surface area (Å²) in [6.07, 6.45) is -5.32. The molecule has 29 heavy (non-hydrogen) atoms. The monoisotopic (exact) mass is 434 g/mol. The van der Waals surface area contributed by atoms with Gasteiger partial charge in [0.05, 0.1) is 17.3 Å². The van der Waals surface area contributed by atoms with Gasteiger partial charge in [0.1, 0.15) is 0 Å². The van der Waals surface area contributed by atoms with Crippen LogP contribution >= 0.6 is 23.2 Å². The van der Waals surface area contributed by atoms with Crippen LogP contribution in [0.2, 0.25) is 10.0 Å². The van der Waals surface area contributed by atoms with Gasteiger partial charge in [0, 0.05) is 33.0 Å². The maximum atomic E-state index is 14.2. The third-order valence-electron chi connectivity index (χ3n) is 4.87. The molecule has 0 aromatic heterocycles. The largest absolute Gasteiger partial charge is 0.435 e. The second-order valence-electron chi connectivity index (χ2n) is 6.61. The minimum Gasteiger partial charge on any atom is -0.374 e. The number of rotatable bonds is 2. The molecule has 0 spiro atoms. The van der Waals surface area contributed by atoms with Gasteiger partial charge in [-0.3, -0.25) is 0 Å². The molecule has 0 bridgehead atoms. The summed E-state index contributed by atoms with van der Waals surface area (Å²) < 4.78 is 42.5. The summed E-state index contributed by atoms with van der Waals surface area (Å²) in [5.74, 6) is 0. The molecule has 0 radical (unpaired) electrons. The number of benzene rings is 3. The van der Waals surface area contributed by atoms with E-state index in [1.54, 1.807) is 36.4 Å². The molecule has 4 rings (SSSR count). The molecule has 0 fully saturated rings. The van der Waals surface area contributed by atoms with E-state index in [0.29, 0.717) is 21.9 Å². The Hall–Kier alpha value is -2.75. The summed E-state index contributed by atoms with van der Waals surface area (Å²) >= 11 is 11.9. The van der Waals surface area contributed by atoms with E-state index in [9.17, 15) is 18.4 Å². The molecule has 3 aromatic carbocycles. The van der Waals surface area contributed by atoms with Crippen LogP contribution in [0.25, 0.3) is 10.8 Å². The Bertz CT molecular complexity index is 1180. The molecular weight excluding hydrogens is 424 g/mol. The van der Waals surface area contributed by atoms with Gasteiger partial charge in [0.2, 0.25) is 0 Å². The van der Waals surface area contributed by atoms with Gasteiger partial charge < -0.3 is 4.84 Å². The molecule has 146 valence electrons. The number of fused-ring (bicyclic) bond motifs is 1. The molecular formula is C21H11Cl2F3N2O. The number of oxime groups is 1. The summed E-state index contributed by atoms with van der Waals surface area (Å²) in [5.41, 5.74) is -1.91. The zero-order valence-electron chi connectivity index (χ0n) is 14.6. The average molecular weight is 435 g/mol. The van der Waals surface area contributed by atoms with E-state index in [1.807, 2.05) is 0 Å². The molecule has 3 aromatic rings. The van der Waals surface area contributed by atoms with Crippen LogP contribution in [0.1, 0.15) is 23.1 Å². The van der Waals surface area contributed by atoms with Crippen LogP contribution in [0.5, 0.6) is 0 Å². The number of alkyl halides is 3. The Labute approximate surface area is 173 Å². The molecule has 8 heteroatoms. The molecule has 1 aliphatic rings. The van der Waals surface area contributed by atoms with Crippen molar-refractivity contribution in [2.24, 2.45) is 5.16 Å². The lowest BCUT2D eigenvalue weighted by Gasteiger charge is -2.29. The molecule has 1 atom stereocenters. The fourth-order valence-corrected chi connectivity index (χ4v) is 4.01. The van der Waals surface area contributed by atoms with Crippen molar-refractivity contribution < 1.29 is 18.0 Å². The van der Waals surface area contributed by atoms with Gasteiger partial charge in [0.25, 0.3) is 5.60 Å². The van der Waals surface area contributed by atoms with Crippen molar-refractivity contribution in [1.29, 1.82) is 5.26 Å². The third-order valence-corrected chi connectivity index (χ3v) is 5.31. The summed E-state index contributed by atoms with van der Waals surface area (Å²) in [7, 11) is 0. The standard InChI is InChI=1S/C21H11Cl2F3N2O/c22-14-7-13(8-15(23)9-14)20(21(24,25)26)10-19(28-29-20)18-6-5-12(11-27)16-3-1-2-4-17(16)18/h1-9H,10H2. The molecule has 0 aliphatic carbocycles. The first-order valence-corrected chi connectivity index (χ1v) is 9.21. The molecule has 0 N–H and O–H groups in total. The second kappa shape index (κ2) is 6.94. The number of hydrogen-bond acceptors (Lipinski definition) is 3. The minimum atomic E-state index is -4.77. The summed E-state index contributed by atoms with van der Waals surface area (Å²) in [6, 6.07) is 15.9. The topological polar surface area (TPSA) is 45.4 Å². The smallest absolute Gasteiger partial charge is 0.374 e. The van der Waals surface area contributed by atoms with Crippen molar-refractivity contribution in [1.82, 2.24) is 0 Å². The van der Waals surface area contributed by atoms with Gasteiger partial charge >= 0.3 is 6.18 Å². The van der Waals surface area contributed by atoms with Gasteiger partial charge in [-0.25, -0.2) is 0 Å². The Kier molecular flexibility index (Phi) is 4.68. The third kappa shape index (κ3) is 3.21. The van der Waals surface area contributed by atoms with E-state index in [1.165, 1.54) is 18.2 Å². The van der Waals surface area contributed by atoms with E-state index in [-0.39, 0.29) is 21.3 Å². The van der Waals surface area contributed by atoms with Crippen LogP contribution in [0.3, 0.4) is 0 Å². The first-order valence-electron chi connectivity index (χ1n) is 8.46. The van der Waals surface area contributed by atoms with Gasteiger partial charge in [-0.1, -0.05) is 58.7 Å². The highest BCUT2D eigenvalue weighted by Crippen LogP contribution is 2.50. The summed E-state index contributed by atoms with van der Waals surface area (Å²) in [5, 5.41) is 14.5. The van der Waals surface area contributed by atoms with Crippen molar-refractivity contribution in [3.63, 3.8) is 0 Å². The zero-order chi connectivity index (χ0) is 20.8. The predicted molar refractivity (Wildman–Crippen MR) is 105 cm³/mol. The second-order valence-corrected chi connectivity index (χ2v) is 7.48. The van der Waals surface area contributed by atoms with Gasteiger partial charge in [-0.05, 0) is 29.7 Å². The average Bonchev–Trinajstić information content (AvgIpc) is 3.13. The molecule has 1 unspecified atom stereocenters. The van der Waals surface area contributed by atoms with Crippen molar-refractivity contribution in [2.45, 2.75) is 18.2 Å². The van der Waals surface area contributed by atoms with E-state index in [0.717, 1.165) is 0 Å². The molecule has 0 saturated carbocycles. The van der Waals surface area contributed by atoms with Crippen LogP contribution in [-0.4, -0.2) is 11.9 Å². The molecule has 3 nitrogen and oxygen atoms in total. The number of nitrogens with zero attached hydrogens (tertiary/aromatic N) is 2. The Balaban J connectivity index is 1.84. The van der Waals surface area contributed by atoms with Gasteiger partial charge in [0.15, 0.2) is 0 Å². The quantitative estimate of drug-likeness (QED) is 0.455. The van der Waals surface area contributed by atoms with Crippen molar-refractivity contribution in [2.75, 3.05) is 0 Å². The predicted octanol–water partition coefficient (Wildman–Crippen LogP) is 6.60. The van der Waals surface area contributed by atoms with Crippen LogP contribution in [0.4, 0.5) is 13.2 Å². The van der Waals surface area contributed by atoms with Gasteiger partial charge in [-0.15, -0.1) is 0 Å². The number of hydrogen-bond donors (Lipinski definition) is 0. The Morgan fingerprint density at radius 1 is 1.00 bits per heavy atom. The highest BCUT2D eigenvalue weighted by molar-refractivity contribution is 6.34. The number of halogens is 5. The maximum absolute atomic E-state index is 14.2. The summed E-state index contributed by atoms with van der Waals surface area (Å²) in [4.78, 5) is 5.05. The maximum Gasteiger partial charge on any atom is 0.435 e. The highest BCUT2D eigenvalue weighted by atomic mass is 35.5. The lowest BCUT2D eigenvalue weighted by Crippen LogP contribution is -2.42. The SMILES string of the molecule is N#Cc1ccc(C2=NOC(c3cc(Cl)cc(Cl)c3)(C(F)(F)F)C2)c2ccccc12. The van der Waals surface area contributed by atoms with Crippen LogP contribution in [0, 0.1) is 11.3 Å². The molecule has 1 heterocycles. The molecule has 0 saturated heterocycles. The van der Waals surface area contributed by atoms with Crippen LogP contribution in [0.15, 0.2) is 59.8 Å².